The molecule has 0 saturated carbocycles. The number of aliphatic hydroxyl groups is 1. The molecule has 1 amide bonds. The fourth-order valence-corrected chi connectivity index (χ4v) is 2.53. The number of hydrogen-bond donors (Lipinski definition) is 2. The highest BCUT2D eigenvalue weighted by molar-refractivity contribution is 6.33. The Kier molecular flexibility index (Phi) is 7.08. The van der Waals surface area contributed by atoms with Gasteiger partial charge in [0.15, 0.2) is 0 Å². The van der Waals surface area contributed by atoms with Crippen LogP contribution in [0, 0.1) is 17.0 Å². The van der Waals surface area contributed by atoms with E-state index < -0.39 is 16.9 Å². The molecule has 7 nitrogen and oxygen atoms in total. The number of rotatable bonds is 8. The summed E-state index contributed by atoms with van der Waals surface area (Å²) in [5.74, 6) is -0.539. The molecule has 8 heteroatoms. The lowest BCUT2D eigenvalue weighted by Crippen LogP contribution is -2.30. The molecule has 0 aromatic heterocycles. The van der Waals surface area contributed by atoms with Gasteiger partial charge in [0, 0.05) is 18.7 Å². The van der Waals surface area contributed by atoms with Crippen molar-refractivity contribution in [2.24, 2.45) is 0 Å². The van der Waals surface area contributed by atoms with Crippen LogP contribution in [0.1, 0.15) is 27.6 Å². The molecule has 0 aliphatic rings. The van der Waals surface area contributed by atoms with Crippen LogP contribution in [0.5, 0.6) is 0 Å². The molecule has 0 spiro atoms. The van der Waals surface area contributed by atoms with Gasteiger partial charge in [-0.05, 0) is 18.6 Å². The normalized spacial score (nSPS) is 11.8. The molecular weight excluding hydrogens is 360 g/mol. The fraction of sp³-hybridized carbons (Fsp3) is 0.278. The summed E-state index contributed by atoms with van der Waals surface area (Å²) in [7, 11) is 0. The summed E-state index contributed by atoms with van der Waals surface area (Å²) in [5, 5.41) is 22.7. The molecule has 2 aromatic rings. The van der Waals surface area contributed by atoms with Gasteiger partial charge in [-0.25, -0.2) is 0 Å². The molecule has 0 radical (unpaired) electrons. The minimum absolute atomic E-state index is 0.0191. The van der Waals surface area contributed by atoms with Crippen LogP contribution in [0.2, 0.25) is 5.02 Å². The van der Waals surface area contributed by atoms with Crippen LogP contribution < -0.4 is 5.32 Å². The lowest BCUT2D eigenvalue weighted by molar-refractivity contribution is -0.384. The van der Waals surface area contributed by atoms with Gasteiger partial charge in [0.05, 0.1) is 34.8 Å². The van der Waals surface area contributed by atoms with Crippen LogP contribution in [-0.4, -0.2) is 35.7 Å². The van der Waals surface area contributed by atoms with Crippen molar-refractivity contribution in [1.82, 2.24) is 5.32 Å². The maximum atomic E-state index is 12.4. The lowest BCUT2D eigenvalue weighted by Gasteiger charge is -2.19. The third kappa shape index (κ3) is 5.26. The molecule has 1 atom stereocenters. The second-order valence-electron chi connectivity index (χ2n) is 5.63. The van der Waals surface area contributed by atoms with Crippen molar-refractivity contribution >= 4 is 23.2 Å². The number of nitrogens with one attached hydrogen (secondary N) is 1. The van der Waals surface area contributed by atoms with E-state index in [1.807, 2.05) is 31.2 Å². The fourth-order valence-electron chi connectivity index (χ4n) is 2.33. The highest BCUT2D eigenvalue weighted by Crippen LogP contribution is 2.23. The van der Waals surface area contributed by atoms with Crippen LogP contribution in [0.4, 0.5) is 5.69 Å². The lowest BCUT2D eigenvalue weighted by atomic mass is 10.1. The number of ether oxygens (including phenoxy) is 1. The molecule has 2 aromatic carbocycles. The molecule has 138 valence electrons. The topological polar surface area (TPSA) is 102 Å². The van der Waals surface area contributed by atoms with Crippen LogP contribution in [0.25, 0.3) is 0 Å². The first-order chi connectivity index (χ1) is 12.4. The number of halogens is 1. The van der Waals surface area contributed by atoms with E-state index in [-0.39, 0.29) is 36.0 Å². The SMILES string of the molecule is Cc1ccc(C(CNC(=O)c2cc([N+](=O)[O-])ccc2Cl)OCCO)cc1. The second-order valence-corrected chi connectivity index (χ2v) is 6.03. The van der Waals surface area contributed by atoms with Crippen LogP contribution in [-0.2, 0) is 4.74 Å². The Bertz CT molecular complexity index is 780. The van der Waals surface area contributed by atoms with Crippen molar-refractivity contribution in [2.45, 2.75) is 13.0 Å². The van der Waals surface area contributed by atoms with Crippen LogP contribution >= 0.6 is 11.6 Å². The number of non-ortho nitro benzene ring substituents is 1. The number of nitrogens with zero attached hydrogens (tertiary/aromatic N) is 1. The monoisotopic (exact) mass is 378 g/mol. The van der Waals surface area contributed by atoms with E-state index in [1.54, 1.807) is 0 Å². The first-order valence-electron chi connectivity index (χ1n) is 7.93. The van der Waals surface area contributed by atoms with Gasteiger partial charge in [0.2, 0.25) is 0 Å². The number of aryl methyl sites for hydroxylation is 1. The molecule has 0 fully saturated rings. The Labute approximate surface area is 155 Å². The summed E-state index contributed by atoms with van der Waals surface area (Å²) in [6, 6.07) is 11.3. The first-order valence-corrected chi connectivity index (χ1v) is 8.31. The van der Waals surface area contributed by atoms with E-state index in [2.05, 4.69) is 5.32 Å². The molecule has 2 N–H and O–H groups in total. The summed E-state index contributed by atoms with van der Waals surface area (Å²) in [5.41, 5.74) is 1.73. The van der Waals surface area contributed by atoms with Crippen molar-refractivity contribution in [3.8, 4) is 0 Å². The molecular formula is C18H19ClN2O5. The van der Waals surface area contributed by atoms with Gasteiger partial charge in [-0.1, -0.05) is 41.4 Å². The van der Waals surface area contributed by atoms with Gasteiger partial charge >= 0.3 is 0 Å². The summed E-state index contributed by atoms with van der Waals surface area (Å²) in [6.07, 6.45) is -0.468. The Morgan fingerprint density at radius 1 is 1.31 bits per heavy atom. The number of hydrogen-bond acceptors (Lipinski definition) is 5. The molecule has 0 aliphatic carbocycles. The van der Waals surface area contributed by atoms with Crippen LogP contribution in [0.3, 0.4) is 0 Å². The van der Waals surface area contributed by atoms with Crippen LogP contribution in [0.15, 0.2) is 42.5 Å². The molecule has 0 aliphatic heterocycles. The number of carbonyl (C=O) groups is 1. The van der Waals surface area contributed by atoms with Gasteiger partial charge in [-0.15, -0.1) is 0 Å². The molecule has 0 bridgehead atoms. The minimum atomic E-state index is -0.591. The maximum Gasteiger partial charge on any atom is 0.270 e. The van der Waals surface area contributed by atoms with Crippen molar-refractivity contribution in [3.63, 3.8) is 0 Å². The van der Waals surface area contributed by atoms with E-state index in [4.69, 9.17) is 21.4 Å². The maximum absolute atomic E-state index is 12.4. The Balaban J connectivity index is 2.12. The largest absolute Gasteiger partial charge is 0.394 e. The molecule has 0 heterocycles. The molecule has 2 rings (SSSR count). The zero-order valence-corrected chi connectivity index (χ0v) is 14.9. The number of aliphatic hydroxyl groups excluding tert-OH is 1. The minimum Gasteiger partial charge on any atom is -0.394 e. The van der Waals surface area contributed by atoms with Gasteiger partial charge < -0.3 is 15.2 Å². The molecule has 26 heavy (non-hydrogen) atoms. The van der Waals surface area contributed by atoms with Crippen molar-refractivity contribution in [3.05, 3.63) is 74.3 Å². The summed E-state index contributed by atoms with van der Waals surface area (Å²) in [6.45, 7) is 2.05. The highest BCUT2D eigenvalue weighted by Gasteiger charge is 2.18. The van der Waals surface area contributed by atoms with E-state index in [0.717, 1.165) is 17.2 Å². The van der Waals surface area contributed by atoms with Crippen molar-refractivity contribution in [2.75, 3.05) is 19.8 Å². The van der Waals surface area contributed by atoms with E-state index in [9.17, 15) is 14.9 Å². The summed E-state index contributed by atoms with van der Waals surface area (Å²) >= 11 is 5.98. The number of nitro benzene ring substituents is 1. The Morgan fingerprint density at radius 2 is 2.00 bits per heavy atom. The number of benzene rings is 2. The predicted molar refractivity (Wildman–Crippen MR) is 97.4 cm³/mol. The number of carbonyl (C=O) groups excluding carboxylic acids is 1. The number of nitro groups is 1. The van der Waals surface area contributed by atoms with E-state index in [0.29, 0.717) is 0 Å². The predicted octanol–water partition coefficient (Wildman–Crippen LogP) is 3.04. The quantitative estimate of drug-likeness (QED) is 0.543. The number of amides is 1. The third-order valence-electron chi connectivity index (χ3n) is 3.71. The average molecular weight is 379 g/mol. The average Bonchev–Trinajstić information content (AvgIpc) is 2.62. The van der Waals surface area contributed by atoms with Gasteiger partial charge in [0.1, 0.15) is 0 Å². The van der Waals surface area contributed by atoms with E-state index >= 15 is 0 Å². The van der Waals surface area contributed by atoms with Crippen molar-refractivity contribution in [1.29, 1.82) is 0 Å². The Hall–Kier alpha value is -2.48. The molecule has 1 unspecified atom stereocenters. The zero-order chi connectivity index (χ0) is 19.1. The highest BCUT2D eigenvalue weighted by atomic mass is 35.5. The smallest absolute Gasteiger partial charge is 0.270 e. The third-order valence-corrected chi connectivity index (χ3v) is 4.04. The zero-order valence-electron chi connectivity index (χ0n) is 14.1. The van der Waals surface area contributed by atoms with Gasteiger partial charge in [-0.2, -0.15) is 0 Å². The van der Waals surface area contributed by atoms with Gasteiger partial charge in [0.25, 0.3) is 11.6 Å². The summed E-state index contributed by atoms with van der Waals surface area (Å²) in [4.78, 5) is 22.7. The van der Waals surface area contributed by atoms with Crippen molar-refractivity contribution < 1.29 is 19.6 Å². The summed E-state index contributed by atoms with van der Waals surface area (Å²) < 4.78 is 5.59. The second kappa shape index (κ2) is 9.28. The van der Waals surface area contributed by atoms with E-state index in [1.165, 1.54) is 12.1 Å². The van der Waals surface area contributed by atoms with Gasteiger partial charge in [-0.3, -0.25) is 14.9 Å². The standard InChI is InChI=1S/C18H19ClN2O5/c1-12-2-4-13(5-3-12)17(26-9-8-22)11-20-18(23)15-10-14(21(24)25)6-7-16(15)19/h2-7,10,17,22H,8-9,11H2,1H3,(H,20,23). The Morgan fingerprint density at radius 3 is 2.62 bits per heavy atom. The molecule has 0 saturated heterocycles. The first kappa shape index (κ1) is 19.8.